The fourth-order valence-corrected chi connectivity index (χ4v) is 2.60. The summed E-state index contributed by atoms with van der Waals surface area (Å²) in [7, 11) is 1.55. The van der Waals surface area contributed by atoms with Crippen LogP contribution in [0.15, 0.2) is 11.4 Å². The van der Waals surface area contributed by atoms with Crippen LogP contribution >= 0.6 is 11.3 Å². The number of amides is 1. The molecule has 5 heteroatoms. The number of thiophene rings is 1. The second-order valence-corrected chi connectivity index (χ2v) is 4.98. The molecule has 0 saturated heterocycles. The quantitative estimate of drug-likeness (QED) is 0.837. The minimum absolute atomic E-state index is 0.00638. The van der Waals surface area contributed by atoms with Crippen LogP contribution < -0.4 is 10.1 Å². The van der Waals surface area contributed by atoms with Crippen LogP contribution in [-0.2, 0) is 0 Å². The Morgan fingerprint density at radius 3 is 2.94 bits per heavy atom. The molecule has 16 heavy (non-hydrogen) atoms. The van der Waals surface area contributed by atoms with Gasteiger partial charge in [0.25, 0.3) is 5.91 Å². The number of hydrogen-bond acceptors (Lipinski definition) is 4. The van der Waals surface area contributed by atoms with Crippen LogP contribution in [-0.4, -0.2) is 30.3 Å². The van der Waals surface area contributed by atoms with Gasteiger partial charge in [-0.2, -0.15) is 0 Å². The lowest BCUT2D eigenvalue weighted by molar-refractivity contribution is 0.0643. The first-order valence-corrected chi connectivity index (χ1v) is 6.13. The molecular formula is C11H15NO3S. The molecule has 2 rings (SSSR count). The van der Waals surface area contributed by atoms with E-state index in [4.69, 9.17) is 4.74 Å². The second kappa shape index (κ2) is 4.43. The zero-order valence-corrected chi connectivity index (χ0v) is 9.97. The summed E-state index contributed by atoms with van der Waals surface area (Å²) in [5.74, 6) is 0.440. The molecule has 1 aromatic rings. The fraction of sp³-hybridized carbons (Fsp3) is 0.545. The van der Waals surface area contributed by atoms with Crippen molar-refractivity contribution in [2.24, 2.45) is 0 Å². The molecule has 4 nitrogen and oxygen atoms in total. The number of carbonyl (C=O) groups excluding carboxylic acids is 1. The predicted octanol–water partition coefficient (Wildman–Crippen LogP) is 1.40. The van der Waals surface area contributed by atoms with Crippen molar-refractivity contribution in [1.29, 1.82) is 0 Å². The van der Waals surface area contributed by atoms with Crippen molar-refractivity contribution in [1.82, 2.24) is 5.32 Å². The number of carbonyl (C=O) groups is 1. The maximum absolute atomic E-state index is 12.0. The average molecular weight is 241 g/mol. The maximum Gasteiger partial charge on any atom is 0.265 e. The molecule has 1 aromatic heterocycles. The Morgan fingerprint density at radius 1 is 1.69 bits per heavy atom. The smallest absolute Gasteiger partial charge is 0.265 e. The van der Waals surface area contributed by atoms with Crippen LogP contribution in [0, 0.1) is 0 Å². The van der Waals surface area contributed by atoms with Gasteiger partial charge in [0.15, 0.2) is 0 Å². The Balaban J connectivity index is 2.08. The number of hydrogen-bond donors (Lipinski definition) is 2. The first-order chi connectivity index (χ1) is 7.71. The van der Waals surface area contributed by atoms with E-state index in [2.05, 4.69) is 5.32 Å². The maximum atomic E-state index is 12.0. The van der Waals surface area contributed by atoms with Crippen LogP contribution in [0.2, 0.25) is 0 Å². The summed E-state index contributed by atoms with van der Waals surface area (Å²) in [6.45, 7) is 0.00638. The van der Waals surface area contributed by atoms with E-state index in [-0.39, 0.29) is 12.5 Å². The van der Waals surface area contributed by atoms with Crippen molar-refractivity contribution in [2.45, 2.75) is 24.8 Å². The van der Waals surface area contributed by atoms with Crippen LogP contribution in [0.25, 0.3) is 0 Å². The van der Waals surface area contributed by atoms with E-state index in [9.17, 15) is 9.90 Å². The van der Waals surface area contributed by atoms with Crippen LogP contribution in [0.5, 0.6) is 5.75 Å². The summed E-state index contributed by atoms with van der Waals surface area (Å²) >= 11 is 1.35. The first kappa shape index (κ1) is 11.4. The largest absolute Gasteiger partial charge is 0.495 e. The molecule has 0 unspecified atom stereocenters. The Hall–Kier alpha value is -1.07. The van der Waals surface area contributed by atoms with Gasteiger partial charge in [-0.3, -0.25) is 4.79 Å². The van der Waals surface area contributed by atoms with Gasteiger partial charge in [0.1, 0.15) is 10.6 Å². The van der Waals surface area contributed by atoms with Gasteiger partial charge in [0.05, 0.1) is 19.3 Å². The third kappa shape index (κ3) is 1.92. The predicted molar refractivity (Wildman–Crippen MR) is 62.0 cm³/mol. The molecule has 0 bridgehead atoms. The molecule has 1 fully saturated rings. The van der Waals surface area contributed by atoms with Gasteiger partial charge in [0.2, 0.25) is 0 Å². The third-order valence-electron chi connectivity index (χ3n) is 3.05. The number of ether oxygens (including phenoxy) is 1. The summed E-state index contributed by atoms with van der Waals surface area (Å²) in [4.78, 5) is 12.5. The molecule has 0 aliphatic heterocycles. The van der Waals surface area contributed by atoms with Gasteiger partial charge in [-0.05, 0) is 30.7 Å². The highest BCUT2D eigenvalue weighted by Gasteiger charge is 2.38. The highest BCUT2D eigenvalue weighted by Crippen LogP contribution is 2.33. The molecule has 1 saturated carbocycles. The minimum atomic E-state index is -0.397. The van der Waals surface area contributed by atoms with Crippen LogP contribution in [0.1, 0.15) is 28.9 Å². The topological polar surface area (TPSA) is 58.6 Å². The van der Waals surface area contributed by atoms with Crippen molar-refractivity contribution in [3.05, 3.63) is 16.3 Å². The van der Waals surface area contributed by atoms with Gasteiger partial charge < -0.3 is 15.2 Å². The Labute approximate surface area is 98.2 Å². The van der Waals surface area contributed by atoms with Crippen molar-refractivity contribution in [2.75, 3.05) is 13.7 Å². The average Bonchev–Trinajstić information content (AvgIpc) is 2.71. The van der Waals surface area contributed by atoms with Crippen molar-refractivity contribution in [3.63, 3.8) is 0 Å². The van der Waals surface area contributed by atoms with Crippen molar-refractivity contribution in [3.8, 4) is 5.75 Å². The molecule has 1 amide bonds. The Bertz CT molecular complexity index is 379. The van der Waals surface area contributed by atoms with E-state index in [1.165, 1.54) is 11.3 Å². The lowest BCUT2D eigenvalue weighted by Gasteiger charge is -2.40. The molecule has 1 aliphatic rings. The van der Waals surface area contributed by atoms with E-state index in [1.807, 2.05) is 5.38 Å². The number of nitrogens with one attached hydrogen (secondary N) is 1. The normalized spacial score (nSPS) is 17.6. The molecule has 2 N–H and O–H groups in total. The Kier molecular flexibility index (Phi) is 3.16. The zero-order chi connectivity index (χ0) is 11.6. The molecule has 0 spiro atoms. The summed E-state index contributed by atoms with van der Waals surface area (Å²) in [5.41, 5.74) is -0.397. The lowest BCUT2D eigenvalue weighted by Crippen LogP contribution is -2.56. The molecule has 0 aromatic carbocycles. The van der Waals surface area contributed by atoms with E-state index in [0.29, 0.717) is 10.6 Å². The standard InChI is InChI=1S/C11H15NO3S/c1-15-8-3-6-16-9(8)10(14)12-11(7-13)4-2-5-11/h3,6,13H,2,4-5,7H2,1H3,(H,12,14). The van der Waals surface area contributed by atoms with Crippen LogP contribution in [0.3, 0.4) is 0 Å². The summed E-state index contributed by atoms with van der Waals surface area (Å²) < 4.78 is 5.09. The Morgan fingerprint density at radius 2 is 2.44 bits per heavy atom. The van der Waals surface area contributed by atoms with E-state index >= 15 is 0 Å². The molecule has 1 aliphatic carbocycles. The molecule has 0 atom stereocenters. The number of aliphatic hydroxyl groups is 1. The SMILES string of the molecule is COc1ccsc1C(=O)NC1(CO)CCC1. The second-order valence-electron chi connectivity index (χ2n) is 4.06. The van der Waals surface area contributed by atoms with Crippen molar-refractivity contribution < 1.29 is 14.6 Å². The van der Waals surface area contributed by atoms with Gasteiger partial charge in [-0.25, -0.2) is 0 Å². The van der Waals surface area contributed by atoms with Crippen molar-refractivity contribution >= 4 is 17.2 Å². The molecular weight excluding hydrogens is 226 g/mol. The third-order valence-corrected chi connectivity index (χ3v) is 3.94. The summed E-state index contributed by atoms with van der Waals surface area (Å²) in [6.07, 6.45) is 2.76. The molecule has 88 valence electrons. The number of methoxy groups -OCH3 is 1. The van der Waals surface area contributed by atoms with E-state index < -0.39 is 5.54 Å². The fourth-order valence-electron chi connectivity index (χ4n) is 1.85. The van der Waals surface area contributed by atoms with Gasteiger partial charge in [-0.1, -0.05) is 0 Å². The minimum Gasteiger partial charge on any atom is -0.495 e. The summed E-state index contributed by atoms with van der Waals surface area (Å²) in [6, 6.07) is 1.77. The number of aliphatic hydroxyl groups excluding tert-OH is 1. The highest BCUT2D eigenvalue weighted by molar-refractivity contribution is 7.12. The monoisotopic (exact) mass is 241 g/mol. The van der Waals surface area contributed by atoms with E-state index in [0.717, 1.165) is 19.3 Å². The van der Waals surface area contributed by atoms with Gasteiger partial charge in [-0.15, -0.1) is 11.3 Å². The van der Waals surface area contributed by atoms with Crippen LogP contribution in [0.4, 0.5) is 0 Å². The number of rotatable bonds is 4. The molecule has 0 radical (unpaired) electrons. The molecule has 1 heterocycles. The van der Waals surface area contributed by atoms with Gasteiger partial charge in [0, 0.05) is 0 Å². The van der Waals surface area contributed by atoms with E-state index in [1.54, 1.807) is 13.2 Å². The lowest BCUT2D eigenvalue weighted by atomic mass is 9.77. The summed E-state index contributed by atoms with van der Waals surface area (Å²) in [5, 5.41) is 14.0. The van der Waals surface area contributed by atoms with Gasteiger partial charge >= 0.3 is 0 Å². The highest BCUT2D eigenvalue weighted by atomic mass is 32.1. The zero-order valence-electron chi connectivity index (χ0n) is 9.16. The first-order valence-electron chi connectivity index (χ1n) is 5.26.